The quantitative estimate of drug-likeness (QED) is 0.415. The summed E-state index contributed by atoms with van der Waals surface area (Å²) in [7, 11) is -1.32. The largest absolute Gasteiger partial charge is 0.345 e. The molecule has 1 aliphatic heterocycles. The maximum Gasteiger partial charge on any atom is 0.272 e. The van der Waals surface area contributed by atoms with Crippen molar-refractivity contribution in [2.24, 2.45) is 17.3 Å². The third-order valence-corrected chi connectivity index (χ3v) is 8.94. The number of hydrogen-bond donors (Lipinski definition) is 2. The summed E-state index contributed by atoms with van der Waals surface area (Å²) in [6.45, 7) is 2.12. The zero-order valence-electron chi connectivity index (χ0n) is 20.8. The molecule has 0 spiro atoms. The summed E-state index contributed by atoms with van der Waals surface area (Å²) >= 11 is 0. The highest BCUT2D eigenvalue weighted by Crippen LogP contribution is 2.34. The van der Waals surface area contributed by atoms with Crippen LogP contribution in [0.5, 0.6) is 0 Å². The predicted molar refractivity (Wildman–Crippen MR) is 141 cm³/mol. The number of carbonyl (C=O) groups is 1. The maximum atomic E-state index is 14.4. The van der Waals surface area contributed by atoms with Crippen molar-refractivity contribution in [3.8, 4) is 0 Å². The Hall–Kier alpha value is -3.30. The van der Waals surface area contributed by atoms with Crippen LogP contribution in [0.4, 0.5) is 14.5 Å². The lowest BCUT2D eigenvalue weighted by atomic mass is 9.94. The summed E-state index contributed by atoms with van der Waals surface area (Å²) < 4.78 is 51.0. The fourth-order valence-electron chi connectivity index (χ4n) is 4.53. The van der Waals surface area contributed by atoms with Gasteiger partial charge in [0.05, 0.1) is 10.9 Å². The molecule has 2 N–H and O–H groups in total. The zero-order valence-corrected chi connectivity index (χ0v) is 21.6. The van der Waals surface area contributed by atoms with Crippen molar-refractivity contribution in [2.75, 3.05) is 5.32 Å². The van der Waals surface area contributed by atoms with Crippen LogP contribution in [0.15, 0.2) is 70.1 Å². The first kappa shape index (κ1) is 25.4. The molecule has 6 nitrogen and oxygen atoms in total. The fraction of sp³-hybridized carbons (Fsp3) is 0.321. The van der Waals surface area contributed by atoms with Crippen molar-refractivity contribution in [3.63, 3.8) is 0 Å². The molecule has 1 aromatic heterocycles. The second-order valence-electron chi connectivity index (χ2n) is 9.82. The van der Waals surface area contributed by atoms with E-state index in [1.165, 1.54) is 11.6 Å². The van der Waals surface area contributed by atoms with E-state index in [1.54, 1.807) is 17.8 Å². The molecule has 194 valence electrons. The molecule has 2 heterocycles. The molecule has 37 heavy (non-hydrogen) atoms. The molecule has 1 aliphatic carbocycles. The summed E-state index contributed by atoms with van der Waals surface area (Å²) in [6, 6.07) is 13.3. The highest BCUT2D eigenvalue weighted by atomic mass is 32.2. The monoisotopic (exact) mass is 524 g/mol. The molecule has 1 saturated carbocycles. The Morgan fingerprint density at radius 2 is 1.95 bits per heavy atom. The van der Waals surface area contributed by atoms with Gasteiger partial charge < -0.3 is 9.88 Å². The van der Waals surface area contributed by atoms with Crippen molar-refractivity contribution in [1.82, 2.24) is 9.29 Å². The molecular formula is C28H30F2N4O2S. The molecule has 0 radical (unpaired) electrons. The van der Waals surface area contributed by atoms with E-state index in [-0.39, 0.29) is 29.4 Å². The highest BCUT2D eigenvalue weighted by molar-refractivity contribution is 7.91. The first-order valence-electron chi connectivity index (χ1n) is 12.4. The number of fused-ring (bicyclic) bond motifs is 1. The average molecular weight is 525 g/mol. The first-order valence-corrected chi connectivity index (χ1v) is 14.0. The van der Waals surface area contributed by atoms with Crippen LogP contribution in [0.3, 0.4) is 0 Å². The SMILES string of the molecule is CC(CCc1ccccc1)C1C=Cc2c(cn(C)c2C(=O)Nc2ccc(F)c(F)c2)S(=O)(=NC2CC2)N1. The van der Waals surface area contributed by atoms with E-state index < -0.39 is 27.5 Å². The topological polar surface area (TPSA) is 75.5 Å². The minimum absolute atomic E-state index is 0.0332. The van der Waals surface area contributed by atoms with Crippen molar-refractivity contribution >= 4 is 27.6 Å². The summed E-state index contributed by atoms with van der Waals surface area (Å²) in [4.78, 5) is 13.7. The standard InChI is InChI=1S/C28H30F2N4O2S/c1-18(8-9-19-6-4-3-5-7-19)25-15-13-22-26(37(36,33-25)32-20-10-11-20)17-34(2)27(22)28(35)31-21-12-14-23(29)24(30)16-21/h3-7,12-18,20,25H,8-11H2,1-2H3,(H,31,35)(H,32,33,36). The van der Waals surface area contributed by atoms with Gasteiger partial charge in [0.15, 0.2) is 11.6 Å². The van der Waals surface area contributed by atoms with Gasteiger partial charge in [0.2, 0.25) is 0 Å². The van der Waals surface area contributed by atoms with E-state index in [0.29, 0.717) is 10.5 Å². The molecule has 0 bridgehead atoms. The fourth-order valence-corrected chi connectivity index (χ4v) is 6.91. The number of aryl methyl sites for hydroxylation is 2. The van der Waals surface area contributed by atoms with Gasteiger partial charge in [0.25, 0.3) is 5.91 Å². The lowest BCUT2D eigenvalue weighted by molar-refractivity contribution is 0.101. The molecule has 9 heteroatoms. The second kappa shape index (κ2) is 10.2. The maximum absolute atomic E-state index is 14.4. The lowest BCUT2D eigenvalue weighted by Gasteiger charge is -2.23. The molecule has 3 atom stereocenters. The third kappa shape index (κ3) is 5.52. The van der Waals surface area contributed by atoms with Gasteiger partial charge in [0, 0.05) is 36.6 Å². The Labute approximate surface area is 216 Å². The smallest absolute Gasteiger partial charge is 0.272 e. The van der Waals surface area contributed by atoms with Crippen LogP contribution in [0, 0.1) is 17.6 Å². The lowest BCUT2D eigenvalue weighted by Crippen LogP contribution is -2.37. The minimum Gasteiger partial charge on any atom is -0.345 e. The van der Waals surface area contributed by atoms with Crippen LogP contribution in [0.2, 0.25) is 0 Å². The van der Waals surface area contributed by atoms with Crippen molar-refractivity contribution in [1.29, 1.82) is 0 Å². The van der Waals surface area contributed by atoms with Crippen LogP contribution < -0.4 is 10.0 Å². The number of amides is 1. The molecule has 1 amide bonds. The Bertz CT molecular complexity index is 1470. The first-order chi connectivity index (χ1) is 17.7. The molecule has 2 aromatic carbocycles. The second-order valence-corrected chi connectivity index (χ2v) is 11.8. The summed E-state index contributed by atoms with van der Waals surface area (Å²) in [5, 5.41) is 2.63. The molecular weight excluding hydrogens is 494 g/mol. The molecule has 3 unspecified atom stereocenters. The number of nitrogens with zero attached hydrogens (tertiary/aromatic N) is 2. The van der Waals surface area contributed by atoms with Gasteiger partial charge in [-0.2, -0.15) is 0 Å². The van der Waals surface area contributed by atoms with Gasteiger partial charge in [-0.05, 0) is 49.3 Å². The number of benzene rings is 2. The summed E-state index contributed by atoms with van der Waals surface area (Å²) in [5.41, 5.74) is 2.16. The van der Waals surface area contributed by atoms with Crippen LogP contribution in [0.25, 0.3) is 6.08 Å². The van der Waals surface area contributed by atoms with E-state index >= 15 is 0 Å². The Morgan fingerprint density at radius 1 is 1.19 bits per heavy atom. The van der Waals surface area contributed by atoms with Gasteiger partial charge >= 0.3 is 0 Å². The average Bonchev–Trinajstić information content (AvgIpc) is 3.63. The zero-order chi connectivity index (χ0) is 26.2. The van der Waals surface area contributed by atoms with Gasteiger partial charge in [-0.1, -0.05) is 49.4 Å². The normalized spacial score (nSPS) is 21.7. The van der Waals surface area contributed by atoms with Crippen LogP contribution >= 0.6 is 0 Å². The molecule has 2 aliphatic rings. The Kier molecular flexibility index (Phi) is 7.00. The van der Waals surface area contributed by atoms with E-state index in [0.717, 1.165) is 37.8 Å². The molecule has 0 saturated heterocycles. The minimum atomic E-state index is -3.02. The Balaban J connectivity index is 1.46. The van der Waals surface area contributed by atoms with Crippen LogP contribution in [-0.4, -0.2) is 26.8 Å². The number of aromatic nitrogens is 1. The third-order valence-electron chi connectivity index (χ3n) is 6.83. The van der Waals surface area contributed by atoms with E-state index in [2.05, 4.69) is 29.1 Å². The van der Waals surface area contributed by atoms with E-state index in [4.69, 9.17) is 4.36 Å². The highest BCUT2D eigenvalue weighted by Gasteiger charge is 2.33. The number of rotatable bonds is 7. The van der Waals surface area contributed by atoms with Crippen LogP contribution in [0.1, 0.15) is 47.8 Å². The van der Waals surface area contributed by atoms with E-state index in [1.807, 2.05) is 30.4 Å². The number of halogens is 2. The predicted octanol–water partition coefficient (Wildman–Crippen LogP) is 5.71. The van der Waals surface area contributed by atoms with Gasteiger partial charge in [-0.15, -0.1) is 0 Å². The number of hydrogen-bond acceptors (Lipinski definition) is 3. The summed E-state index contributed by atoms with van der Waals surface area (Å²) in [6.07, 6.45) is 9.03. The van der Waals surface area contributed by atoms with Gasteiger partial charge in [0.1, 0.15) is 15.6 Å². The van der Waals surface area contributed by atoms with Crippen molar-refractivity contribution < 1.29 is 17.8 Å². The summed E-state index contributed by atoms with van der Waals surface area (Å²) in [5.74, 6) is -2.40. The van der Waals surface area contributed by atoms with Crippen molar-refractivity contribution in [2.45, 2.75) is 49.6 Å². The molecule has 3 aromatic rings. The van der Waals surface area contributed by atoms with E-state index in [9.17, 15) is 17.8 Å². The van der Waals surface area contributed by atoms with Crippen LogP contribution in [-0.2, 0) is 23.4 Å². The Morgan fingerprint density at radius 3 is 2.65 bits per heavy atom. The van der Waals surface area contributed by atoms with Gasteiger partial charge in [-0.3, -0.25) is 4.79 Å². The number of carbonyl (C=O) groups excluding carboxylic acids is 1. The van der Waals surface area contributed by atoms with Crippen molar-refractivity contribution in [3.05, 3.63) is 89.3 Å². The number of nitrogens with one attached hydrogen (secondary N) is 2. The molecule has 5 rings (SSSR count). The number of anilines is 1. The molecule has 1 fully saturated rings. The van der Waals surface area contributed by atoms with Gasteiger partial charge in [-0.25, -0.2) is 22.1 Å².